The summed E-state index contributed by atoms with van der Waals surface area (Å²) in [5.41, 5.74) is 5.44. The van der Waals surface area contributed by atoms with Gasteiger partial charge in [-0.1, -0.05) is 66.9 Å². The molecule has 5 aromatic rings. The van der Waals surface area contributed by atoms with Gasteiger partial charge in [0.15, 0.2) is 11.6 Å². The number of benzene rings is 4. The van der Waals surface area contributed by atoms with Crippen LogP contribution in [-0.2, 0) is 6.54 Å². The van der Waals surface area contributed by atoms with Gasteiger partial charge in [0.2, 0.25) is 0 Å². The van der Waals surface area contributed by atoms with Crippen LogP contribution >= 0.6 is 0 Å². The first-order chi connectivity index (χ1) is 23.1. The maximum Gasteiger partial charge on any atom is 0.266 e. The van der Waals surface area contributed by atoms with Crippen LogP contribution in [-0.4, -0.2) is 32.9 Å². The summed E-state index contributed by atoms with van der Waals surface area (Å²) in [6.45, 7) is 5.82. The minimum atomic E-state index is -1.39. The third kappa shape index (κ3) is 4.50. The van der Waals surface area contributed by atoms with E-state index in [1.165, 1.54) is 40.0 Å². The molecule has 1 fully saturated rings. The lowest BCUT2D eigenvalue weighted by Crippen LogP contribution is -2.31. The Morgan fingerprint density at radius 3 is 1.92 bits per heavy atom. The fourth-order valence-corrected chi connectivity index (χ4v) is 7.89. The van der Waals surface area contributed by atoms with Gasteiger partial charge in [-0.2, -0.15) is 0 Å². The number of hydrogen-bond acceptors (Lipinski definition) is 6. The zero-order valence-corrected chi connectivity index (χ0v) is 27.0. The van der Waals surface area contributed by atoms with Gasteiger partial charge in [0.05, 0.1) is 34.3 Å². The molecule has 1 saturated carbocycles. The number of carbonyl (C=O) groups excluding carboxylic acids is 4. The molecule has 1 aliphatic heterocycles. The van der Waals surface area contributed by atoms with Crippen molar-refractivity contribution in [1.82, 2.24) is 9.55 Å². The molecule has 48 heavy (non-hydrogen) atoms. The summed E-state index contributed by atoms with van der Waals surface area (Å²) in [5.74, 6) is -3.02. The summed E-state index contributed by atoms with van der Waals surface area (Å²) in [6.07, 6.45) is 4.68. The second kappa shape index (κ2) is 11.0. The molecule has 0 N–H and O–H groups in total. The Morgan fingerprint density at radius 1 is 0.708 bits per heavy atom. The zero-order valence-electron chi connectivity index (χ0n) is 27.0. The first kappa shape index (κ1) is 29.9. The fraction of sp³-hybridized carbons (Fsp3) is 0.250. The molecule has 2 aliphatic carbocycles. The maximum absolute atomic E-state index is 14.1. The van der Waals surface area contributed by atoms with E-state index in [0.717, 1.165) is 35.1 Å². The van der Waals surface area contributed by atoms with E-state index in [0.29, 0.717) is 22.5 Å². The molecular weight excluding hydrogens is 602 g/mol. The number of ketones is 2. The Labute approximate surface area is 277 Å². The summed E-state index contributed by atoms with van der Waals surface area (Å²) in [6, 6.07) is 21.5. The summed E-state index contributed by atoms with van der Waals surface area (Å²) >= 11 is 0. The number of aromatic nitrogens is 2. The van der Waals surface area contributed by atoms with Crippen LogP contribution in [0.1, 0.15) is 113 Å². The molecule has 3 aliphatic rings. The lowest BCUT2D eigenvalue weighted by atomic mass is 9.93. The van der Waals surface area contributed by atoms with Gasteiger partial charge in [-0.25, -0.2) is 9.88 Å². The molecule has 1 aromatic heterocycles. The predicted molar refractivity (Wildman–Crippen MR) is 182 cm³/mol. The van der Waals surface area contributed by atoms with Crippen LogP contribution in [0.25, 0.3) is 10.9 Å². The van der Waals surface area contributed by atoms with Gasteiger partial charge in [0.1, 0.15) is 11.7 Å². The van der Waals surface area contributed by atoms with Crippen LogP contribution in [0.4, 0.5) is 5.69 Å². The molecule has 8 heteroatoms. The van der Waals surface area contributed by atoms with Crippen LogP contribution in [0.2, 0.25) is 0 Å². The van der Waals surface area contributed by atoms with Crippen molar-refractivity contribution >= 4 is 40.0 Å². The van der Waals surface area contributed by atoms with E-state index in [9.17, 15) is 24.0 Å². The van der Waals surface area contributed by atoms with Crippen molar-refractivity contribution in [2.45, 2.75) is 64.8 Å². The molecule has 8 rings (SSSR count). The van der Waals surface area contributed by atoms with Crippen molar-refractivity contribution in [3.05, 3.63) is 139 Å². The van der Waals surface area contributed by atoms with Crippen molar-refractivity contribution in [2.24, 2.45) is 0 Å². The number of fused-ring (bicyclic) bond motifs is 3. The van der Waals surface area contributed by atoms with E-state index >= 15 is 0 Å². The van der Waals surface area contributed by atoms with Crippen LogP contribution in [0.5, 0.6) is 0 Å². The molecule has 0 unspecified atom stereocenters. The molecular formula is C40H33N3O5. The summed E-state index contributed by atoms with van der Waals surface area (Å²) in [4.78, 5) is 76.0. The molecule has 0 spiro atoms. The van der Waals surface area contributed by atoms with Crippen molar-refractivity contribution in [1.29, 1.82) is 0 Å². The van der Waals surface area contributed by atoms with Crippen LogP contribution in [0, 0.1) is 20.8 Å². The van der Waals surface area contributed by atoms with Crippen molar-refractivity contribution in [3.8, 4) is 0 Å². The van der Waals surface area contributed by atoms with E-state index in [1.54, 1.807) is 12.1 Å². The SMILES string of the molecule is Cc1ccc2nc(C3C(=O)c4cc5c(cc4C3=O)C(=O)N(c3c(C)cc(C4CCCC4)cc3C)C5=O)n(Cc3ccccc3)c(=O)c2c1. The average Bonchev–Trinajstić information content (AvgIpc) is 3.76. The monoisotopic (exact) mass is 635 g/mol. The maximum atomic E-state index is 14.1. The minimum Gasteiger partial charge on any atom is -0.293 e. The largest absolute Gasteiger partial charge is 0.293 e. The number of carbonyl (C=O) groups is 4. The van der Waals surface area contributed by atoms with Crippen molar-refractivity contribution in [2.75, 3.05) is 4.90 Å². The highest BCUT2D eigenvalue weighted by molar-refractivity contribution is 6.37. The average molecular weight is 636 g/mol. The fourth-order valence-electron chi connectivity index (χ4n) is 7.89. The molecule has 4 aromatic carbocycles. The number of amides is 2. The summed E-state index contributed by atoms with van der Waals surface area (Å²) in [5, 5.41) is 0.391. The minimum absolute atomic E-state index is 0.0412. The number of Topliss-reactive ketones (excluding diaryl/α,β-unsaturated/α-hetero) is 2. The first-order valence-corrected chi connectivity index (χ1v) is 16.4. The smallest absolute Gasteiger partial charge is 0.266 e. The van der Waals surface area contributed by atoms with Crippen molar-refractivity contribution in [3.63, 3.8) is 0 Å². The topological polar surface area (TPSA) is 106 Å². The van der Waals surface area contributed by atoms with E-state index in [4.69, 9.17) is 4.98 Å². The highest BCUT2D eigenvalue weighted by Crippen LogP contribution is 2.42. The normalized spacial score (nSPS) is 16.4. The Bertz CT molecular complexity index is 2240. The molecule has 2 heterocycles. The Hall–Kier alpha value is -5.50. The number of anilines is 1. The van der Waals surface area contributed by atoms with Crippen LogP contribution in [0.15, 0.2) is 77.6 Å². The van der Waals surface area contributed by atoms with Crippen LogP contribution in [0.3, 0.4) is 0 Å². The van der Waals surface area contributed by atoms with Gasteiger partial charge in [0.25, 0.3) is 17.4 Å². The highest BCUT2D eigenvalue weighted by Gasteiger charge is 2.47. The standard InChI is InChI=1S/C40H33N3O5/c1-21-13-14-32-31(15-21)38(46)42(20-24-9-5-4-6-10-24)37(41-32)33-35(44)27-18-29-30(19-28(27)36(33)45)40(48)43(39(29)47)34-22(2)16-26(17-23(34)3)25-11-7-8-12-25/h4-6,9-10,13-19,25,33H,7-8,11-12,20H2,1-3H3. The first-order valence-electron chi connectivity index (χ1n) is 16.4. The van der Waals surface area contributed by atoms with Gasteiger partial charge >= 0.3 is 0 Å². The molecule has 238 valence electrons. The summed E-state index contributed by atoms with van der Waals surface area (Å²) in [7, 11) is 0. The highest BCUT2D eigenvalue weighted by atomic mass is 16.2. The Kier molecular flexibility index (Phi) is 6.87. The third-order valence-corrected chi connectivity index (χ3v) is 10.2. The van der Waals surface area contributed by atoms with E-state index < -0.39 is 29.3 Å². The second-order valence-electron chi connectivity index (χ2n) is 13.4. The van der Waals surface area contributed by atoms with Crippen molar-refractivity contribution < 1.29 is 19.2 Å². The third-order valence-electron chi connectivity index (χ3n) is 10.2. The lowest BCUT2D eigenvalue weighted by molar-refractivity contribution is 0.0880. The zero-order chi connectivity index (χ0) is 33.4. The molecule has 0 saturated heterocycles. The predicted octanol–water partition coefficient (Wildman–Crippen LogP) is 6.99. The van der Waals surface area contributed by atoms with Gasteiger partial charge in [-0.3, -0.25) is 28.5 Å². The van der Waals surface area contributed by atoms with Gasteiger partial charge in [-0.05, 0) is 86.1 Å². The Balaban J connectivity index is 1.20. The molecule has 2 amide bonds. The van der Waals surface area contributed by atoms with Gasteiger partial charge in [0, 0.05) is 11.1 Å². The van der Waals surface area contributed by atoms with Gasteiger partial charge in [-0.15, -0.1) is 0 Å². The van der Waals surface area contributed by atoms with E-state index in [-0.39, 0.29) is 40.2 Å². The molecule has 0 bridgehead atoms. The number of nitrogens with zero attached hydrogens (tertiary/aromatic N) is 3. The van der Waals surface area contributed by atoms with Gasteiger partial charge < -0.3 is 0 Å². The number of imide groups is 1. The lowest BCUT2D eigenvalue weighted by Gasteiger charge is -2.22. The molecule has 0 radical (unpaired) electrons. The quantitative estimate of drug-likeness (QED) is 0.152. The number of aryl methyl sites for hydroxylation is 3. The van der Waals surface area contributed by atoms with E-state index in [1.807, 2.05) is 57.2 Å². The number of rotatable bonds is 5. The molecule has 0 atom stereocenters. The number of hydrogen-bond donors (Lipinski definition) is 0. The summed E-state index contributed by atoms with van der Waals surface area (Å²) < 4.78 is 1.40. The Morgan fingerprint density at radius 2 is 1.31 bits per heavy atom. The van der Waals surface area contributed by atoms with Crippen LogP contribution < -0.4 is 10.5 Å². The second-order valence-corrected chi connectivity index (χ2v) is 13.4. The van der Waals surface area contributed by atoms with E-state index in [2.05, 4.69) is 12.1 Å². The molecule has 8 nitrogen and oxygen atoms in total.